The molecule has 0 amide bonds. The highest BCUT2D eigenvalue weighted by atomic mass is 16.3. The first-order valence-corrected chi connectivity index (χ1v) is 10.4. The molecule has 0 radical (unpaired) electrons. The monoisotopic (exact) mass is 398 g/mol. The van der Waals surface area contributed by atoms with Gasteiger partial charge in [-0.05, 0) is 62.9 Å². The highest BCUT2D eigenvalue weighted by Gasteiger charge is 2.28. The Kier molecular flexibility index (Phi) is 4.26. The van der Waals surface area contributed by atoms with Crippen LogP contribution < -0.4 is 0 Å². The van der Waals surface area contributed by atoms with Crippen LogP contribution in [-0.2, 0) is 12.0 Å². The maximum absolute atomic E-state index is 10.1. The van der Waals surface area contributed by atoms with Crippen molar-refractivity contribution in [3.63, 3.8) is 0 Å². The van der Waals surface area contributed by atoms with E-state index in [4.69, 9.17) is 4.98 Å². The minimum atomic E-state index is -1.05. The lowest BCUT2D eigenvalue weighted by atomic mass is 9.97. The molecule has 5 rings (SSSR count). The molecule has 3 heterocycles. The van der Waals surface area contributed by atoms with Gasteiger partial charge in [0.05, 0.1) is 17.1 Å². The number of imidazole rings is 1. The van der Waals surface area contributed by atoms with Crippen molar-refractivity contribution < 1.29 is 5.11 Å². The molecule has 30 heavy (non-hydrogen) atoms. The van der Waals surface area contributed by atoms with E-state index < -0.39 is 5.60 Å². The van der Waals surface area contributed by atoms with E-state index in [2.05, 4.69) is 64.8 Å². The van der Waals surface area contributed by atoms with Gasteiger partial charge >= 0.3 is 0 Å². The molecular weight excluding hydrogens is 372 g/mol. The SMILES string of the molecule is Cc1ccc(C)c([C@H]2CCc3nc4ccc(-c5cnc(C(C)(C)O)nc5)cc4n32)c1. The third kappa shape index (κ3) is 3.10. The summed E-state index contributed by atoms with van der Waals surface area (Å²) in [5, 5.41) is 10.1. The number of hydrogen-bond acceptors (Lipinski definition) is 4. The van der Waals surface area contributed by atoms with Gasteiger partial charge < -0.3 is 9.67 Å². The highest BCUT2D eigenvalue weighted by Crippen LogP contribution is 2.38. The molecule has 0 saturated carbocycles. The van der Waals surface area contributed by atoms with Crippen LogP contribution >= 0.6 is 0 Å². The van der Waals surface area contributed by atoms with Gasteiger partial charge in [-0.1, -0.05) is 29.8 Å². The van der Waals surface area contributed by atoms with E-state index in [0.717, 1.165) is 40.8 Å². The first-order chi connectivity index (χ1) is 14.3. The summed E-state index contributed by atoms with van der Waals surface area (Å²) in [6.07, 6.45) is 5.64. The van der Waals surface area contributed by atoms with Crippen molar-refractivity contribution in [1.29, 1.82) is 0 Å². The minimum Gasteiger partial charge on any atom is -0.382 e. The van der Waals surface area contributed by atoms with Crippen LogP contribution in [0.5, 0.6) is 0 Å². The number of aromatic nitrogens is 4. The van der Waals surface area contributed by atoms with Crippen LogP contribution in [0.25, 0.3) is 22.2 Å². The van der Waals surface area contributed by atoms with Crippen molar-refractivity contribution in [3.05, 3.63) is 77.1 Å². The lowest BCUT2D eigenvalue weighted by Gasteiger charge is -2.18. The summed E-state index contributed by atoms with van der Waals surface area (Å²) >= 11 is 0. The topological polar surface area (TPSA) is 63.8 Å². The van der Waals surface area contributed by atoms with Crippen LogP contribution in [0.4, 0.5) is 0 Å². The van der Waals surface area contributed by atoms with E-state index in [1.807, 2.05) is 0 Å². The van der Waals surface area contributed by atoms with Crippen LogP contribution in [0.1, 0.15) is 54.6 Å². The molecule has 1 N–H and O–H groups in total. The zero-order valence-electron chi connectivity index (χ0n) is 17.8. The normalized spacial score (nSPS) is 16.2. The third-order valence-electron chi connectivity index (χ3n) is 6.04. The summed E-state index contributed by atoms with van der Waals surface area (Å²) in [5.74, 6) is 1.58. The average Bonchev–Trinajstić information content (AvgIpc) is 3.28. The van der Waals surface area contributed by atoms with E-state index in [-0.39, 0.29) is 0 Å². The van der Waals surface area contributed by atoms with E-state index in [1.165, 1.54) is 16.7 Å². The predicted molar refractivity (Wildman–Crippen MR) is 118 cm³/mol. The molecule has 5 heteroatoms. The zero-order chi connectivity index (χ0) is 21.0. The summed E-state index contributed by atoms with van der Waals surface area (Å²) in [5.41, 5.74) is 7.12. The Labute approximate surface area is 176 Å². The molecule has 152 valence electrons. The summed E-state index contributed by atoms with van der Waals surface area (Å²) in [6.45, 7) is 7.73. The van der Waals surface area contributed by atoms with Crippen molar-refractivity contribution in [3.8, 4) is 11.1 Å². The van der Waals surface area contributed by atoms with E-state index in [0.29, 0.717) is 11.9 Å². The Hall–Kier alpha value is -3.05. The molecule has 2 aromatic carbocycles. The molecule has 1 atom stereocenters. The Morgan fingerprint density at radius 3 is 2.50 bits per heavy atom. The summed E-state index contributed by atoms with van der Waals surface area (Å²) in [6, 6.07) is 13.4. The molecule has 0 aliphatic carbocycles. The Balaban J connectivity index is 1.60. The number of fused-ring (bicyclic) bond motifs is 3. The Morgan fingerprint density at radius 1 is 1.00 bits per heavy atom. The van der Waals surface area contributed by atoms with Crippen LogP contribution in [0.15, 0.2) is 48.8 Å². The minimum absolute atomic E-state index is 0.314. The van der Waals surface area contributed by atoms with Crippen molar-refractivity contribution in [2.24, 2.45) is 0 Å². The molecular formula is C25H26N4O. The summed E-state index contributed by atoms with van der Waals surface area (Å²) in [4.78, 5) is 13.6. The first-order valence-electron chi connectivity index (χ1n) is 10.4. The van der Waals surface area contributed by atoms with Gasteiger partial charge in [0.2, 0.25) is 0 Å². The van der Waals surface area contributed by atoms with Crippen LogP contribution in [0.3, 0.4) is 0 Å². The molecule has 0 bridgehead atoms. The van der Waals surface area contributed by atoms with Gasteiger partial charge in [-0.3, -0.25) is 0 Å². The largest absolute Gasteiger partial charge is 0.382 e. The second-order valence-electron chi connectivity index (χ2n) is 8.87. The van der Waals surface area contributed by atoms with Crippen molar-refractivity contribution in [2.75, 3.05) is 0 Å². The van der Waals surface area contributed by atoms with Gasteiger partial charge in [-0.25, -0.2) is 15.0 Å². The number of aryl methyl sites for hydroxylation is 3. The molecule has 4 aromatic rings. The predicted octanol–water partition coefficient (Wildman–Crippen LogP) is 4.87. The van der Waals surface area contributed by atoms with Crippen LogP contribution in [0, 0.1) is 13.8 Å². The zero-order valence-corrected chi connectivity index (χ0v) is 17.8. The van der Waals surface area contributed by atoms with Gasteiger partial charge in [0.15, 0.2) is 5.82 Å². The Morgan fingerprint density at radius 2 is 1.77 bits per heavy atom. The fourth-order valence-electron chi connectivity index (χ4n) is 4.45. The third-order valence-corrected chi connectivity index (χ3v) is 6.04. The first kappa shape index (κ1) is 18.9. The summed E-state index contributed by atoms with van der Waals surface area (Å²) < 4.78 is 2.41. The summed E-state index contributed by atoms with van der Waals surface area (Å²) in [7, 11) is 0. The van der Waals surface area contributed by atoms with Crippen LogP contribution in [-0.4, -0.2) is 24.6 Å². The number of nitrogens with zero attached hydrogens (tertiary/aromatic N) is 4. The average molecular weight is 399 g/mol. The molecule has 5 nitrogen and oxygen atoms in total. The number of benzene rings is 2. The van der Waals surface area contributed by atoms with Gasteiger partial charge in [-0.15, -0.1) is 0 Å². The maximum atomic E-state index is 10.1. The number of aliphatic hydroxyl groups is 1. The van der Waals surface area contributed by atoms with Crippen molar-refractivity contribution in [1.82, 2.24) is 19.5 Å². The molecule has 0 fully saturated rings. The molecule has 0 spiro atoms. The number of rotatable bonds is 3. The fraction of sp³-hybridized carbons (Fsp3) is 0.320. The highest BCUT2D eigenvalue weighted by molar-refractivity contribution is 5.83. The second kappa shape index (κ2) is 6.74. The molecule has 0 saturated heterocycles. The quantitative estimate of drug-likeness (QED) is 0.535. The van der Waals surface area contributed by atoms with E-state index >= 15 is 0 Å². The smallest absolute Gasteiger partial charge is 0.159 e. The van der Waals surface area contributed by atoms with Gasteiger partial charge in [-0.2, -0.15) is 0 Å². The van der Waals surface area contributed by atoms with Crippen LogP contribution in [0.2, 0.25) is 0 Å². The standard InChI is InChI=1S/C25H26N4O/c1-15-5-6-16(2)19(11-15)21-9-10-23-28-20-8-7-17(12-22(20)29(21)23)18-13-26-24(27-14-18)25(3,4)30/h5-8,11-14,21,30H,9-10H2,1-4H3/t21-/m1/s1. The second-order valence-corrected chi connectivity index (χ2v) is 8.87. The van der Waals surface area contributed by atoms with E-state index in [1.54, 1.807) is 26.2 Å². The van der Waals surface area contributed by atoms with Gasteiger partial charge in [0, 0.05) is 24.4 Å². The molecule has 1 aliphatic rings. The molecule has 0 unspecified atom stereocenters. The maximum Gasteiger partial charge on any atom is 0.159 e. The van der Waals surface area contributed by atoms with E-state index in [9.17, 15) is 5.11 Å². The van der Waals surface area contributed by atoms with Crippen molar-refractivity contribution in [2.45, 2.75) is 52.2 Å². The lowest BCUT2D eigenvalue weighted by Crippen LogP contribution is -2.19. The van der Waals surface area contributed by atoms with Gasteiger partial charge in [0.1, 0.15) is 11.4 Å². The van der Waals surface area contributed by atoms with Gasteiger partial charge in [0.25, 0.3) is 0 Å². The lowest BCUT2D eigenvalue weighted by molar-refractivity contribution is 0.0687. The molecule has 2 aromatic heterocycles. The molecule has 1 aliphatic heterocycles. The van der Waals surface area contributed by atoms with Crippen molar-refractivity contribution >= 4 is 11.0 Å². The number of hydrogen-bond donors (Lipinski definition) is 1. The Bertz CT molecular complexity index is 1250. The fourth-order valence-corrected chi connectivity index (χ4v) is 4.45.